The predicted molar refractivity (Wildman–Crippen MR) is 118 cm³/mol. The fraction of sp³-hybridized carbons (Fsp3) is 0.417. The largest absolute Gasteiger partial charge is 0.443 e. The maximum atomic E-state index is 13.4. The van der Waals surface area contributed by atoms with Crippen molar-refractivity contribution in [2.45, 2.75) is 59.5 Å². The molecule has 4 nitrogen and oxygen atoms in total. The number of nitrogens with zero attached hydrogens (tertiary/aromatic N) is 1. The van der Waals surface area contributed by atoms with Crippen LogP contribution in [0.4, 0.5) is 4.79 Å². The zero-order chi connectivity index (χ0) is 21.6. The highest BCUT2D eigenvalue weighted by atomic mass is 35.5. The average molecular weight is 416 g/mol. The Morgan fingerprint density at radius 1 is 1.07 bits per heavy atom. The molecule has 0 N–H and O–H groups in total. The predicted octanol–water partition coefficient (Wildman–Crippen LogP) is 6.75. The van der Waals surface area contributed by atoms with E-state index in [1.165, 1.54) is 4.90 Å². The lowest BCUT2D eigenvalue weighted by Gasteiger charge is -2.27. The number of ether oxygens (including phenoxy) is 1. The summed E-state index contributed by atoms with van der Waals surface area (Å²) in [4.78, 5) is 27.4. The molecule has 0 spiro atoms. The minimum absolute atomic E-state index is 0.297. The first-order valence-corrected chi connectivity index (χ1v) is 10.5. The normalized spacial score (nSPS) is 11.2. The van der Waals surface area contributed by atoms with Gasteiger partial charge < -0.3 is 4.74 Å². The number of hydrogen-bond acceptors (Lipinski definition) is 3. The van der Waals surface area contributed by atoms with E-state index in [0.29, 0.717) is 29.1 Å². The van der Waals surface area contributed by atoms with E-state index in [2.05, 4.69) is 6.92 Å². The molecule has 2 aromatic rings. The van der Waals surface area contributed by atoms with Crippen molar-refractivity contribution in [1.29, 1.82) is 0 Å². The van der Waals surface area contributed by atoms with Crippen molar-refractivity contribution in [2.75, 3.05) is 6.54 Å². The summed E-state index contributed by atoms with van der Waals surface area (Å²) in [6, 6.07) is 13.2. The number of benzene rings is 2. The van der Waals surface area contributed by atoms with Gasteiger partial charge in [0.2, 0.25) is 0 Å². The zero-order valence-corrected chi connectivity index (χ0v) is 18.7. The SMILES string of the molecule is CCCCN(C(=O)OC(C)(C)C)C(=O)c1cccc(Cl)c1-c1cccc(CC)c1. The maximum Gasteiger partial charge on any atom is 0.417 e. The molecule has 0 radical (unpaired) electrons. The van der Waals surface area contributed by atoms with Crippen LogP contribution in [0.1, 0.15) is 63.4 Å². The van der Waals surface area contributed by atoms with Crippen molar-refractivity contribution in [3.8, 4) is 11.1 Å². The Balaban J connectivity index is 2.51. The Hall–Kier alpha value is -2.33. The molecule has 156 valence electrons. The molecule has 0 heterocycles. The molecule has 0 bridgehead atoms. The van der Waals surface area contributed by atoms with Gasteiger partial charge in [0, 0.05) is 22.7 Å². The smallest absolute Gasteiger partial charge is 0.417 e. The number of rotatable bonds is 6. The van der Waals surface area contributed by atoms with E-state index in [1.54, 1.807) is 39.0 Å². The van der Waals surface area contributed by atoms with Crippen molar-refractivity contribution < 1.29 is 14.3 Å². The standard InChI is InChI=1S/C24H30ClNO3/c1-6-8-15-26(23(28)29-24(3,4)5)22(27)19-13-10-14-20(25)21(19)18-12-9-11-17(7-2)16-18/h9-14,16H,6-8,15H2,1-5H3. The van der Waals surface area contributed by atoms with Gasteiger partial charge in [-0.2, -0.15) is 0 Å². The van der Waals surface area contributed by atoms with Crippen molar-refractivity contribution >= 4 is 23.6 Å². The van der Waals surface area contributed by atoms with Gasteiger partial charge in [0.05, 0.1) is 0 Å². The molecule has 2 rings (SSSR count). The molecule has 5 heteroatoms. The van der Waals surface area contributed by atoms with Crippen LogP contribution in [0.5, 0.6) is 0 Å². The van der Waals surface area contributed by atoms with Gasteiger partial charge in [-0.15, -0.1) is 0 Å². The quantitative estimate of drug-likeness (QED) is 0.524. The van der Waals surface area contributed by atoms with Gasteiger partial charge in [-0.3, -0.25) is 4.79 Å². The summed E-state index contributed by atoms with van der Waals surface area (Å²) in [6.45, 7) is 9.74. The van der Waals surface area contributed by atoms with Crippen LogP contribution in [-0.4, -0.2) is 29.0 Å². The van der Waals surface area contributed by atoms with E-state index >= 15 is 0 Å². The maximum absolute atomic E-state index is 13.4. The van der Waals surface area contributed by atoms with Gasteiger partial charge >= 0.3 is 6.09 Å². The summed E-state index contributed by atoms with van der Waals surface area (Å²) >= 11 is 6.51. The highest BCUT2D eigenvalue weighted by Crippen LogP contribution is 2.33. The van der Waals surface area contributed by atoms with E-state index in [4.69, 9.17) is 16.3 Å². The molecular weight excluding hydrogens is 386 g/mol. The van der Waals surface area contributed by atoms with Gasteiger partial charge in [-0.25, -0.2) is 9.69 Å². The van der Waals surface area contributed by atoms with Crippen LogP contribution in [0.3, 0.4) is 0 Å². The summed E-state index contributed by atoms with van der Waals surface area (Å²) in [5.41, 5.74) is 2.36. The third-order valence-electron chi connectivity index (χ3n) is 4.46. The lowest BCUT2D eigenvalue weighted by atomic mass is 9.96. The van der Waals surface area contributed by atoms with E-state index < -0.39 is 17.6 Å². The lowest BCUT2D eigenvalue weighted by Crippen LogP contribution is -2.41. The molecule has 0 aliphatic rings. The highest BCUT2D eigenvalue weighted by Gasteiger charge is 2.29. The number of imide groups is 1. The van der Waals surface area contributed by atoms with E-state index in [0.717, 1.165) is 24.0 Å². The minimum Gasteiger partial charge on any atom is -0.443 e. The topological polar surface area (TPSA) is 46.6 Å². The average Bonchev–Trinajstić information content (AvgIpc) is 2.66. The second-order valence-electron chi connectivity index (χ2n) is 8.01. The van der Waals surface area contributed by atoms with Gasteiger partial charge in [-0.05, 0) is 56.9 Å². The molecule has 0 aromatic heterocycles. The second-order valence-corrected chi connectivity index (χ2v) is 8.41. The van der Waals surface area contributed by atoms with Crippen LogP contribution in [0.25, 0.3) is 11.1 Å². The molecule has 0 atom stereocenters. The third-order valence-corrected chi connectivity index (χ3v) is 4.78. The van der Waals surface area contributed by atoms with Crippen LogP contribution < -0.4 is 0 Å². The van der Waals surface area contributed by atoms with Crippen LogP contribution in [0.15, 0.2) is 42.5 Å². The Bertz CT molecular complexity index is 871. The first-order chi connectivity index (χ1) is 13.7. The summed E-state index contributed by atoms with van der Waals surface area (Å²) in [7, 11) is 0. The number of aryl methyl sites for hydroxylation is 1. The third kappa shape index (κ3) is 6.07. The van der Waals surface area contributed by atoms with Crippen LogP contribution in [0.2, 0.25) is 5.02 Å². The number of amides is 2. The summed E-state index contributed by atoms with van der Waals surface area (Å²) in [5.74, 6) is -0.396. The van der Waals surface area contributed by atoms with E-state index in [-0.39, 0.29) is 0 Å². The Morgan fingerprint density at radius 3 is 2.38 bits per heavy atom. The number of carbonyl (C=O) groups is 2. The number of halogens is 1. The molecule has 0 aliphatic carbocycles. The van der Waals surface area contributed by atoms with Gasteiger partial charge in [0.15, 0.2) is 0 Å². The monoisotopic (exact) mass is 415 g/mol. The van der Waals surface area contributed by atoms with Crippen LogP contribution in [-0.2, 0) is 11.2 Å². The van der Waals surface area contributed by atoms with Crippen molar-refractivity contribution in [1.82, 2.24) is 4.90 Å². The van der Waals surface area contributed by atoms with Gasteiger partial charge in [-0.1, -0.05) is 62.2 Å². The fourth-order valence-corrected chi connectivity index (χ4v) is 3.28. The minimum atomic E-state index is -0.686. The van der Waals surface area contributed by atoms with Crippen molar-refractivity contribution in [3.05, 3.63) is 58.6 Å². The van der Waals surface area contributed by atoms with Crippen LogP contribution >= 0.6 is 11.6 Å². The number of carbonyl (C=O) groups excluding carboxylic acids is 2. The van der Waals surface area contributed by atoms with E-state index in [9.17, 15) is 9.59 Å². The molecule has 0 unspecified atom stereocenters. The summed E-state index contributed by atoms with van der Waals surface area (Å²) in [5, 5.41) is 0.476. The molecule has 2 amide bonds. The van der Waals surface area contributed by atoms with E-state index in [1.807, 2.05) is 31.2 Å². The lowest BCUT2D eigenvalue weighted by molar-refractivity contribution is 0.0239. The molecule has 0 aliphatic heterocycles. The molecule has 0 saturated carbocycles. The number of hydrogen-bond donors (Lipinski definition) is 0. The van der Waals surface area contributed by atoms with Crippen LogP contribution in [0, 0.1) is 0 Å². The highest BCUT2D eigenvalue weighted by molar-refractivity contribution is 6.34. The second kappa shape index (κ2) is 9.93. The van der Waals surface area contributed by atoms with Crippen molar-refractivity contribution in [2.24, 2.45) is 0 Å². The first-order valence-electron chi connectivity index (χ1n) is 10.1. The fourth-order valence-electron chi connectivity index (χ4n) is 3.00. The Morgan fingerprint density at radius 2 is 1.76 bits per heavy atom. The van der Waals surface area contributed by atoms with Crippen molar-refractivity contribution in [3.63, 3.8) is 0 Å². The Kier molecular flexibility index (Phi) is 7.86. The molecule has 0 fully saturated rings. The zero-order valence-electron chi connectivity index (χ0n) is 17.9. The molecule has 0 saturated heterocycles. The molecular formula is C24H30ClNO3. The summed E-state index contributed by atoms with van der Waals surface area (Å²) < 4.78 is 5.49. The number of unbranched alkanes of at least 4 members (excludes halogenated alkanes) is 1. The molecule has 2 aromatic carbocycles. The van der Waals surface area contributed by atoms with Gasteiger partial charge in [0.1, 0.15) is 5.60 Å². The summed E-state index contributed by atoms with van der Waals surface area (Å²) in [6.07, 6.45) is 1.80. The molecule has 29 heavy (non-hydrogen) atoms. The Labute approximate surface area is 178 Å². The first kappa shape index (κ1) is 23.0. The van der Waals surface area contributed by atoms with Gasteiger partial charge in [0.25, 0.3) is 5.91 Å².